The third-order valence-corrected chi connectivity index (χ3v) is 10.1. The fraction of sp³-hybridized carbons (Fsp3) is 0.548. The summed E-state index contributed by atoms with van der Waals surface area (Å²) in [7, 11) is 4.06. The molecule has 6 atom stereocenters. The van der Waals surface area contributed by atoms with Crippen LogP contribution in [0.3, 0.4) is 0 Å². The second-order valence-electron chi connectivity index (χ2n) is 12.2. The van der Waals surface area contributed by atoms with Crippen LogP contribution in [-0.4, -0.2) is 61.6 Å². The SMILES string of the molecule is COc1ccc2c3c1OC1C(=O)CC[C@H]4[C@H](C2)[N+](C)(Cc2ccc(NC(=O)[C@@H](N)CCCCN)cc2)CC[C@]314. The molecule has 5 N–H and O–H groups in total. The number of hydrogen-bond donors (Lipinski definition) is 3. The van der Waals surface area contributed by atoms with Crippen molar-refractivity contribution in [2.45, 2.75) is 75.1 Å². The lowest BCUT2D eigenvalue weighted by Crippen LogP contribution is -2.71. The topological polar surface area (TPSA) is 117 Å². The Labute approximate surface area is 230 Å². The lowest BCUT2D eigenvalue weighted by molar-refractivity contribution is -0.957. The number of carbonyl (C=O) groups excluding carboxylic acids is 2. The summed E-state index contributed by atoms with van der Waals surface area (Å²) in [6.07, 6.45) is 5.40. The van der Waals surface area contributed by atoms with E-state index in [1.165, 1.54) is 16.7 Å². The van der Waals surface area contributed by atoms with Crippen molar-refractivity contribution in [1.29, 1.82) is 0 Å². The molecule has 39 heavy (non-hydrogen) atoms. The number of nitrogens with two attached hydrogens (primary N) is 2. The van der Waals surface area contributed by atoms with Crippen molar-refractivity contribution in [2.24, 2.45) is 17.4 Å². The molecule has 0 aromatic heterocycles. The number of benzene rings is 2. The fourth-order valence-corrected chi connectivity index (χ4v) is 8.12. The number of quaternary nitrogens is 1. The van der Waals surface area contributed by atoms with Gasteiger partial charge in [-0.1, -0.05) is 24.6 Å². The first-order valence-corrected chi connectivity index (χ1v) is 14.4. The zero-order valence-corrected chi connectivity index (χ0v) is 23.1. The molecule has 2 bridgehead atoms. The number of nitrogens with one attached hydrogen (secondary N) is 1. The highest BCUT2D eigenvalue weighted by Crippen LogP contribution is 2.64. The average Bonchev–Trinajstić information content (AvgIpc) is 3.29. The number of ether oxygens (including phenoxy) is 2. The Morgan fingerprint density at radius 3 is 2.77 bits per heavy atom. The van der Waals surface area contributed by atoms with Crippen LogP contribution in [0.1, 0.15) is 55.2 Å². The van der Waals surface area contributed by atoms with E-state index in [0.29, 0.717) is 31.3 Å². The van der Waals surface area contributed by atoms with Crippen molar-refractivity contribution in [3.05, 3.63) is 53.1 Å². The molecule has 1 saturated heterocycles. The molecule has 2 aliphatic carbocycles. The summed E-state index contributed by atoms with van der Waals surface area (Å²) >= 11 is 0. The number of carbonyl (C=O) groups is 2. The van der Waals surface area contributed by atoms with E-state index in [-0.39, 0.29) is 23.2 Å². The van der Waals surface area contributed by atoms with Crippen molar-refractivity contribution in [1.82, 2.24) is 0 Å². The maximum absolute atomic E-state index is 13.2. The first kappa shape index (κ1) is 26.3. The summed E-state index contributed by atoms with van der Waals surface area (Å²) in [6, 6.07) is 12.3. The van der Waals surface area contributed by atoms with Crippen LogP contribution in [0.15, 0.2) is 36.4 Å². The molecule has 1 amide bonds. The highest BCUT2D eigenvalue weighted by atomic mass is 16.5. The minimum absolute atomic E-state index is 0.155. The van der Waals surface area contributed by atoms with Crippen LogP contribution >= 0.6 is 0 Å². The van der Waals surface area contributed by atoms with E-state index in [4.69, 9.17) is 20.9 Å². The monoisotopic (exact) mass is 533 g/mol. The van der Waals surface area contributed by atoms with E-state index in [1.807, 2.05) is 18.2 Å². The van der Waals surface area contributed by atoms with Crippen LogP contribution in [0, 0.1) is 5.92 Å². The molecule has 8 heteroatoms. The number of amides is 1. The van der Waals surface area contributed by atoms with Gasteiger partial charge in [0.25, 0.3) is 0 Å². The predicted molar refractivity (Wildman–Crippen MR) is 150 cm³/mol. The average molecular weight is 534 g/mol. The number of piperidine rings is 1. The minimum Gasteiger partial charge on any atom is -0.493 e. The standard InChI is InChI=1S/C31H40N4O4/c1-35(18-19-6-9-21(10-7-19)34-30(37)23(33)5-3-4-15-32)16-14-31-22-11-12-25(36)29(31)39-28-26(38-2)13-8-20(27(28)31)17-24(22)35/h6-10,13,22-24,29H,3-5,11-12,14-18,32-33H2,1-2H3/p+1/t22-,23-,24-,29?,31-,35?/m0/s1. The van der Waals surface area contributed by atoms with E-state index < -0.39 is 6.04 Å². The van der Waals surface area contributed by atoms with Crippen LogP contribution < -0.4 is 26.3 Å². The fourth-order valence-electron chi connectivity index (χ4n) is 8.12. The Morgan fingerprint density at radius 1 is 1.23 bits per heavy atom. The number of anilines is 1. The van der Waals surface area contributed by atoms with Gasteiger partial charge >= 0.3 is 0 Å². The first-order chi connectivity index (χ1) is 18.8. The number of rotatable bonds is 9. The second kappa shape index (κ2) is 9.91. The van der Waals surface area contributed by atoms with Gasteiger partial charge in [-0.15, -0.1) is 0 Å². The summed E-state index contributed by atoms with van der Waals surface area (Å²) in [6.45, 7) is 2.51. The van der Waals surface area contributed by atoms with Crippen LogP contribution in [0.5, 0.6) is 11.5 Å². The summed E-state index contributed by atoms with van der Waals surface area (Å²) < 4.78 is 13.1. The normalized spacial score (nSPS) is 30.8. The quantitative estimate of drug-likeness (QED) is 0.337. The molecule has 2 fully saturated rings. The number of Topliss-reactive ketones (excluding diaryl/α,β-unsaturated/α-hetero) is 1. The van der Waals surface area contributed by atoms with Gasteiger partial charge in [0.1, 0.15) is 6.54 Å². The van der Waals surface area contributed by atoms with Crippen LogP contribution in [-0.2, 0) is 28.0 Å². The number of likely N-dealkylation sites (tertiary alicyclic amines) is 1. The van der Waals surface area contributed by atoms with Crippen LogP contribution in [0.2, 0.25) is 0 Å². The Balaban J connectivity index is 1.22. The number of likely N-dealkylation sites (N-methyl/N-ethyl adjacent to an activating group) is 1. The van der Waals surface area contributed by atoms with Gasteiger partial charge in [0.05, 0.1) is 38.2 Å². The van der Waals surface area contributed by atoms with Gasteiger partial charge < -0.3 is 30.7 Å². The number of methoxy groups -OCH3 is 1. The van der Waals surface area contributed by atoms with Gasteiger partial charge in [0.2, 0.25) is 5.91 Å². The van der Waals surface area contributed by atoms with E-state index in [2.05, 4.69) is 30.6 Å². The van der Waals surface area contributed by atoms with E-state index in [0.717, 1.165) is 66.9 Å². The highest BCUT2D eigenvalue weighted by Gasteiger charge is 2.69. The van der Waals surface area contributed by atoms with Gasteiger partial charge in [-0.3, -0.25) is 9.59 Å². The predicted octanol–water partition coefficient (Wildman–Crippen LogP) is 3.04. The summed E-state index contributed by atoms with van der Waals surface area (Å²) in [5.41, 5.74) is 16.0. The molecule has 2 heterocycles. The zero-order chi connectivity index (χ0) is 27.4. The number of nitrogens with zero attached hydrogens (tertiary/aromatic N) is 1. The van der Waals surface area contributed by atoms with Gasteiger partial charge in [-0.05, 0) is 49.6 Å². The largest absolute Gasteiger partial charge is 0.493 e. The highest BCUT2D eigenvalue weighted by molar-refractivity contribution is 5.94. The second-order valence-corrected chi connectivity index (χ2v) is 12.2. The molecule has 2 aromatic carbocycles. The van der Waals surface area contributed by atoms with Gasteiger partial charge in [0.15, 0.2) is 23.4 Å². The first-order valence-electron chi connectivity index (χ1n) is 14.4. The maximum atomic E-state index is 13.2. The molecule has 6 rings (SSSR count). The zero-order valence-electron chi connectivity index (χ0n) is 23.1. The molecule has 2 unspecified atom stereocenters. The lowest BCUT2D eigenvalue weighted by Gasteiger charge is -2.60. The van der Waals surface area contributed by atoms with Gasteiger partial charge in [-0.25, -0.2) is 0 Å². The van der Waals surface area contributed by atoms with Crippen molar-refractivity contribution < 1.29 is 23.5 Å². The van der Waals surface area contributed by atoms with Crippen LogP contribution in [0.25, 0.3) is 0 Å². The molecule has 1 spiro atoms. The molecule has 4 aliphatic rings. The molecular formula is C31H41N4O4+. The smallest absolute Gasteiger partial charge is 0.241 e. The molecule has 2 aromatic rings. The van der Waals surface area contributed by atoms with E-state index in [1.54, 1.807) is 7.11 Å². The number of ketones is 1. The van der Waals surface area contributed by atoms with E-state index >= 15 is 0 Å². The van der Waals surface area contributed by atoms with Crippen molar-refractivity contribution in [2.75, 3.05) is 32.6 Å². The number of hydrogen-bond acceptors (Lipinski definition) is 6. The van der Waals surface area contributed by atoms with Gasteiger partial charge in [0, 0.05) is 42.0 Å². The van der Waals surface area contributed by atoms with Crippen molar-refractivity contribution >= 4 is 17.4 Å². The Hall–Kier alpha value is -2.94. The van der Waals surface area contributed by atoms with Crippen molar-refractivity contribution in [3.63, 3.8) is 0 Å². The summed E-state index contributed by atoms with van der Waals surface area (Å²) in [4.78, 5) is 25.7. The third kappa shape index (κ3) is 4.15. The lowest BCUT2D eigenvalue weighted by atomic mass is 9.51. The summed E-state index contributed by atoms with van der Waals surface area (Å²) in [5.74, 6) is 2.04. The molecule has 208 valence electrons. The molecule has 8 nitrogen and oxygen atoms in total. The number of unbranched alkanes of at least 4 members (excludes halogenated alkanes) is 1. The van der Waals surface area contributed by atoms with Crippen LogP contribution in [0.4, 0.5) is 5.69 Å². The van der Waals surface area contributed by atoms with E-state index in [9.17, 15) is 9.59 Å². The maximum Gasteiger partial charge on any atom is 0.241 e. The van der Waals surface area contributed by atoms with Crippen molar-refractivity contribution in [3.8, 4) is 11.5 Å². The third-order valence-electron chi connectivity index (χ3n) is 10.1. The Morgan fingerprint density at radius 2 is 2.03 bits per heavy atom. The molecule has 0 radical (unpaired) electrons. The Kier molecular flexibility index (Phi) is 6.68. The molecule has 1 saturated carbocycles. The molecule has 2 aliphatic heterocycles. The summed E-state index contributed by atoms with van der Waals surface area (Å²) in [5, 5.41) is 2.96. The molecular weight excluding hydrogens is 492 g/mol. The van der Waals surface area contributed by atoms with Gasteiger partial charge in [-0.2, -0.15) is 0 Å². The Bertz CT molecular complexity index is 1280. The minimum atomic E-state index is -0.526.